The first-order chi connectivity index (χ1) is 17.0. The number of amides is 2. The molecule has 2 amide bonds. The fourth-order valence-electron chi connectivity index (χ4n) is 4.33. The monoisotopic (exact) mass is 475 g/mol. The molecule has 0 N–H and O–H groups in total. The molecule has 3 heterocycles. The molecule has 184 valence electrons. The highest BCUT2D eigenvalue weighted by atomic mass is 16.3. The van der Waals surface area contributed by atoms with E-state index in [-0.39, 0.29) is 18.2 Å². The Hall–Kier alpha value is -3.58. The molecule has 1 aliphatic heterocycles. The lowest BCUT2D eigenvalue weighted by molar-refractivity contribution is -0.133. The van der Waals surface area contributed by atoms with Gasteiger partial charge in [0.25, 0.3) is 5.91 Å². The van der Waals surface area contributed by atoms with Crippen LogP contribution < -0.4 is 0 Å². The number of hydrogen-bond donors (Lipinski definition) is 0. The average molecular weight is 476 g/mol. The van der Waals surface area contributed by atoms with Gasteiger partial charge in [0.1, 0.15) is 17.3 Å². The quantitative estimate of drug-likeness (QED) is 0.459. The van der Waals surface area contributed by atoms with Gasteiger partial charge in [-0.15, -0.1) is 0 Å². The second-order valence-electron chi connectivity index (χ2n) is 8.88. The van der Waals surface area contributed by atoms with Crippen LogP contribution in [0.2, 0.25) is 0 Å². The van der Waals surface area contributed by atoms with Crippen LogP contribution in [-0.4, -0.2) is 65.8 Å². The molecule has 0 unspecified atom stereocenters. The van der Waals surface area contributed by atoms with E-state index in [9.17, 15) is 9.59 Å². The van der Waals surface area contributed by atoms with Gasteiger partial charge in [-0.25, -0.2) is 0 Å². The molecule has 4 rings (SSSR count). The minimum absolute atomic E-state index is 0.0711. The van der Waals surface area contributed by atoms with Crippen molar-refractivity contribution in [2.45, 2.75) is 26.8 Å². The van der Waals surface area contributed by atoms with E-state index >= 15 is 0 Å². The fraction of sp³-hybridized carbons (Fsp3) is 0.357. The molecule has 7 nitrogen and oxygen atoms in total. The molecule has 1 saturated heterocycles. The van der Waals surface area contributed by atoms with E-state index in [0.29, 0.717) is 49.0 Å². The summed E-state index contributed by atoms with van der Waals surface area (Å²) in [7, 11) is 0. The standard InChI is InChI=1S/C28H33N3O4/c1-22-20-26(23(2)35-22)28(33)31(21-25-11-7-19-34-25)14-12-27(32)30-17-15-29(16-18-30)13-6-10-24-8-4-3-5-9-24/h3-11,19-20H,12-18,21H2,1-2H3/b10-6+. The third-order valence-electron chi connectivity index (χ3n) is 6.28. The molecule has 3 aromatic rings. The predicted molar refractivity (Wildman–Crippen MR) is 135 cm³/mol. The van der Waals surface area contributed by atoms with Gasteiger partial charge in [0.05, 0.1) is 18.4 Å². The number of furan rings is 2. The molecule has 1 fully saturated rings. The van der Waals surface area contributed by atoms with Crippen molar-refractivity contribution >= 4 is 17.9 Å². The van der Waals surface area contributed by atoms with E-state index in [2.05, 4.69) is 29.2 Å². The maximum absolute atomic E-state index is 13.2. The minimum Gasteiger partial charge on any atom is -0.467 e. The Bertz CT molecular complexity index is 1130. The van der Waals surface area contributed by atoms with Crippen molar-refractivity contribution in [2.75, 3.05) is 39.3 Å². The van der Waals surface area contributed by atoms with Crippen LogP contribution >= 0.6 is 0 Å². The Labute approximate surface area is 206 Å². The first-order valence-electron chi connectivity index (χ1n) is 12.1. The Balaban J connectivity index is 1.28. The van der Waals surface area contributed by atoms with Gasteiger partial charge in [-0.1, -0.05) is 42.5 Å². The number of benzene rings is 1. The molecule has 0 spiro atoms. The number of carbonyl (C=O) groups is 2. The summed E-state index contributed by atoms with van der Waals surface area (Å²) >= 11 is 0. The Kier molecular flexibility index (Phi) is 8.21. The lowest BCUT2D eigenvalue weighted by Gasteiger charge is -2.34. The van der Waals surface area contributed by atoms with Crippen LogP contribution in [0.15, 0.2) is 69.7 Å². The lowest BCUT2D eigenvalue weighted by Crippen LogP contribution is -2.49. The fourth-order valence-corrected chi connectivity index (χ4v) is 4.33. The van der Waals surface area contributed by atoms with Crippen LogP contribution in [0.5, 0.6) is 0 Å². The number of aryl methyl sites for hydroxylation is 2. The molecule has 2 aromatic heterocycles. The molecular formula is C28H33N3O4. The second-order valence-corrected chi connectivity index (χ2v) is 8.88. The summed E-state index contributed by atoms with van der Waals surface area (Å²) in [5, 5.41) is 0. The average Bonchev–Trinajstić information content (AvgIpc) is 3.51. The first-order valence-corrected chi connectivity index (χ1v) is 12.1. The minimum atomic E-state index is -0.154. The summed E-state index contributed by atoms with van der Waals surface area (Å²) in [5.41, 5.74) is 1.72. The van der Waals surface area contributed by atoms with Crippen LogP contribution in [0.1, 0.15) is 39.6 Å². The third kappa shape index (κ3) is 6.73. The highest BCUT2D eigenvalue weighted by Gasteiger charge is 2.25. The Morgan fingerprint density at radius 1 is 1.03 bits per heavy atom. The van der Waals surface area contributed by atoms with Gasteiger partial charge >= 0.3 is 0 Å². The normalized spacial score (nSPS) is 14.5. The number of nitrogens with zero attached hydrogens (tertiary/aromatic N) is 3. The van der Waals surface area contributed by atoms with E-state index in [1.807, 2.05) is 36.1 Å². The molecule has 0 saturated carbocycles. The molecule has 0 atom stereocenters. The van der Waals surface area contributed by atoms with Crippen molar-refractivity contribution in [1.29, 1.82) is 0 Å². The smallest absolute Gasteiger partial charge is 0.257 e. The van der Waals surface area contributed by atoms with E-state index < -0.39 is 0 Å². The first kappa shape index (κ1) is 24.5. The molecular weight excluding hydrogens is 442 g/mol. The highest BCUT2D eigenvalue weighted by Crippen LogP contribution is 2.18. The van der Waals surface area contributed by atoms with Gasteiger partial charge in [0.2, 0.25) is 5.91 Å². The zero-order valence-corrected chi connectivity index (χ0v) is 20.5. The van der Waals surface area contributed by atoms with E-state index in [4.69, 9.17) is 8.83 Å². The number of carbonyl (C=O) groups excluding carboxylic acids is 2. The summed E-state index contributed by atoms with van der Waals surface area (Å²) in [4.78, 5) is 32.1. The highest BCUT2D eigenvalue weighted by molar-refractivity contribution is 5.95. The lowest BCUT2D eigenvalue weighted by atomic mass is 10.2. The van der Waals surface area contributed by atoms with Crippen LogP contribution in [0.3, 0.4) is 0 Å². The van der Waals surface area contributed by atoms with Gasteiger partial charge < -0.3 is 18.6 Å². The predicted octanol–water partition coefficient (Wildman–Crippen LogP) is 4.38. The zero-order valence-electron chi connectivity index (χ0n) is 20.5. The van der Waals surface area contributed by atoms with E-state index in [1.54, 1.807) is 30.2 Å². The van der Waals surface area contributed by atoms with Crippen molar-refractivity contribution in [2.24, 2.45) is 0 Å². The van der Waals surface area contributed by atoms with Crippen molar-refractivity contribution in [3.8, 4) is 0 Å². The van der Waals surface area contributed by atoms with Crippen LogP contribution in [0, 0.1) is 13.8 Å². The van der Waals surface area contributed by atoms with Crippen molar-refractivity contribution in [3.63, 3.8) is 0 Å². The summed E-state index contributed by atoms with van der Waals surface area (Å²) in [5.74, 6) is 1.87. The number of hydrogen-bond acceptors (Lipinski definition) is 5. The van der Waals surface area contributed by atoms with Gasteiger partial charge in [0.15, 0.2) is 0 Å². The van der Waals surface area contributed by atoms with E-state index in [1.165, 1.54) is 5.56 Å². The van der Waals surface area contributed by atoms with Gasteiger partial charge in [-0.3, -0.25) is 14.5 Å². The molecule has 1 aliphatic rings. The molecule has 0 bridgehead atoms. The Morgan fingerprint density at radius 3 is 2.46 bits per heavy atom. The van der Waals surface area contributed by atoms with Gasteiger partial charge in [0, 0.05) is 45.7 Å². The van der Waals surface area contributed by atoms with Crippen molar-refractivity contribution in [3.05, 3.63) is 89.3 Å². The van der Waals surface area contributed by atoms with Crippen LogP contribution in [-0.2, 0) is 11.3 Å². The van der Waals surface area contributed by atoms with Gasteiger partial charge in [-0.05, 0) is 37.6 Å². The largest absolute Gasteiger partial charge is 0.467 e. The Morgan fingerprint density at radius 2 is 1.80 bits per heavy atom. The maximum Gasteiger partial charge on any atom is 0.257 e. The number of piperazine rings is 1. The topological polar surface area (TPSA) is 70.1 Å². The van der Waals surface area contributed by atoms with Crippen LogP contribution in [0.25, 0.3) is 6.08 Å². The maximum atomic E-state index is 13.2. The van der Waals surface area contributed by atoms with Crippen molar-refractivity contribution in [1.82, 2.24) is 14.7 Å². The summed E-state index contributed by atoms with van der Waals surface area (Å²) < 4.78 is 11.0. The van der Waals surface area contributed by atoms with Crippen LogP contribution in [0.4, 0.5) is 0 Å². The summed E-state index contributed by atoms with van der Waals surface area (Å²) in [6, 6.07) is 15.6. The SMILES string of the molecule is Cc1cc(C(=O)N(CCC(=O)N2CCN(C/C=C/c3ccccc3)CC2)Cc2ccco2)c(C)o1. The molecule has 35 heavy (non-hydrogen) atoms. The number of rotatable bonds is 9. The van der Waals surface area contributed by atoms with Gasteiger partial charge in [-0.2, -0.15) is 0 Å². The summed E-state index contributed by atoms with van der Waals surface area (Å²) in [6.45, 7) is 8.18. The molecule has 0 aliphatic carbocycles. The van der Waals surface area contributed by atoms with E-state index in [0.717, 1.165) is 19.6 Å². The summed E-state index contributed by atoms with van der Waals surface area (Å²) in [6.07, 6.45) is 6.16. The molecule has 1 aromatic carbocycles. The third-order valence-corrected chi connectivity index (χ3v) is 6.28. The molecule has 0 radical (unpaired) electrons. The van der Waals surface area contributed by atoms with Crippen molar-refractivity contribution < 1.29 is 18.4 Å². The zero-order chi connectivity index (χ0) is 24.6. The molecule has 7 heteroatoms. The second kappa shape index (κ2) is 11.7.